The molecule has 2 aromatic carbocycles. The van der Waals surface area contributed by atoms with Gasteiger partial charge in [-0.2, -0.15) is 0 Å². The zero-order valence-electron chi connectivity index (χ0n) is 13.7. The van der Waals surface area contributed by atoms with Gasteiger partial charge in [-0.05, 0) is 35.8 Å². The first-order valence-corrected chi connectivity index (χ1v) is 7.94. The van der Waals surface area contributed by atoms with Gasteiger partial charge in [-0.25, -0.2) is 0 Å². The summed E-state index contributed by atoms with van der Waals surface area (Å²) in [5, 5.41) is 2.99. The summed E-state index contributed by atoms with van der Waals surface area (Å²) in [6.45, 7) is 2.81. The van der Waals surface area contributed by atoms with E-state index in [-0.39, 0.29) is 5.91 Å². The Morgan fingerprint density at radius 3 is 2.39 bits per heavy atom. The molecule has 1 N–H and O–H groups in total. The van der Waals surface area contributed by atoms with E-state index in [1.165, 1.54) is 0 Å². The number of benzene rings is 2. The minimum Gasteiger partial charge on any atom is -0.497 e. The van der Waals surface area contributed by atoms with E-state index < -0.39 is 0 Å². The van der Waals surface area contributed by atoms with Gasteiger partial charge in [-0.1, -0.05) is 55.8 Å². The molecule has 0 radical (unpaired) electrons. The van der Waals surface area contributed by atoms with E-state index in [0.717, 1.165) is 29.7 Å². The van der Waals surface area contributed by atoms with Gasteiger partial charge < -0.3 is 10.1 Å². The van der Waals surface area contributed by atoms with Crippen LogP contribution in [0.3, 0.4) is 0 Å². The Bertz CT molecular complexity index is 645. The predicted octanol–water partition coefficient (Wildman–Crippen LogP) is 4.15. The van der Waals surface area contributed by atoms with E-state index in [1.54, 1.807) is 7.11 Å². The van der Waals surface area contributed by atoms with Gasteiger partial charge in [0.25, 0.3) is 5.91 Å². The first-order chi connectivity index (χ1) is 11.2. The SMILES string of the molecule is CCCCNC(=O)/C(=C/c1ccc(OC)cc1)c1ccccc1. The second kappa shape index (κ2) is 8.79. The van der Waals surface area contributed by atoms with Crippen molar-refractivity contribution in [2.45, 2.75) is 19.8 Å². The highest BCUT2D eigenvalue weighted by molar-refractivity contribution is 6.24. The highest BCUT2D eigenvalue weighted by atomic mass is 16.5. The average molecular weight is 309 g/mol. The molecule has 2 aromatic rings. The van der Waals surface area contributed by atoms with Crippen molar-refractivity contribution in [3.05, 3.63) is 65.7 Å². The van der Waals surface area contributed by atoms with Crippen molar-refractivity contribution in [2.75, 3.05) is 13.7 Å². The normalized spacial score (nSPS) is 11.1. The molecule has 0 spiro atoms. The van der Waals surface area contributed by atoms with Crippen LogP contribution in [0.1, 0.15) is 30.9 Å². The van der Waals surface area contributed by atoms with E-state index in [9.17, 15) is 4.79 Å². The van der Waals surface area contributed by atoms with Crippen LogP contribution in [0.25, 0.3) is 11.6 Å². The summed E-state index contributed by atoms with van der Waals surface area (Å²) in [6, 6.07) is 17.4. The lowest BCUT2D eigenvalue weighted by molar-refractivity contribution is -0.115. The number of carbonyl (C=O) groups excluding carboxylic acids is 1. The zero-order chi connectivity index (χ0) is 16.5. The number of hydrogen-bond donors (Lipinski definition) is 1. The quantitative estimate of drug-likeness (QED) is 0.474. The van der Waals surface area contributed by atoms with Crippen molar-refractivity contribution in [3.8, 4) is 5.75 Å². The maximum atomic E-state index is 12.5. The average Bonchev–Trinajstić information content (AvgIpc) is 2.61. The fourth-order valence-electron chi connectivity index (χ4n) is 2.24. The smallest absolute Gasteiger partial charge is 0.251 e. The third-order valence-corrected chi connectivity index (χ3v) is 3.57. The topological polar surface area (TPSA) is 38.3 Å². The molecule has 3 nitrogen and oxygen atoms in total. The Kier molecular flexibility index (Phi) is 6.42. The molecule has 0 saturated carbocycles. The Hall–Kier alpha value is -2.55. The predicted molar refractivity (Wildman–Crippen MR) is 95.2 cm³/mol. The number of unbranched alkanes of at least 4 members (excludes halogenated alkanes) is 1. The van der Waals surface area contributed by atoms with Crippen LogP contribution in [0.15, 0.2) is 54.6 Å². The lowest BCUT2D eigenvalue weighted by Gasteiger charge is -2.09. The van der Waals surface area contributed by atoms with Gasteiger partial charge in [0, 0.05) is 12.1 Å². The first kappa shape index (κ1) is 16.8. The minimum absolute atomic E-state index is 0.0412. The number of hydrogen-bond acceptors (Lipinski definition) is 2. The molecular formula is C20H23NO2. The monoisotopic (exact) mass is 309 g/mol. The van der Waals surface area contributed by atoms with Crippen molar-refractivity contribution < 1.29 is 9.53 Å². The molecule has 0 aliphatic carbocycles. The molecule has 2 rings (SSSR count). The third-order valence-electron chi connectivity index (χ3n) is 3.57. The maximum Gasteiger partial charge on any atom is 0.251 e. The van der Waals surface area contributed by atoms with Crippen LogP contribution in [0.4, 0.5) is 0 Å². The van der Waals surface area contributed by atoms with Crippen molar-refractivity contribution in [3.63, 3.8) is 0 Å². The highest BCUT2D eigenvalue weighted by Crippen LogP contribution is 2.20. The number of ether oxygens (including phenoxy) is 1. The molecular weight excluding hydrogens is 286 g/mol. The summed E-state index contributed by atoms with van der Waals surface area (Å²) in [6.07, 6.45) is 3.95. The molecule has 0 unspecified atom stereocenters. The van der Waals surface area contributed by atoms with Crippen molar-refractivity contribution >= 4 is 17.6 Å². The van der Waals surface area contributed by atoms with Gasteiger partial charge in [0.2, 0.25) is 0 Å². The van der Waals surface area contributed by atoms with Crippen LogP contribution < -0.4 is 10.1 Å². The van der Waals surface area contributed by atoms with Crippen LogP contribution >= 0.6 is 0 Å². The fraction of sp³-hybridized carbons (Fsp3) is 0.250. The van der Waals surface area contributed by atoms with Crippen LogP contribution in [-0.2, 0) is 4.79 Å². The number of carbonyl (C=O) groups is 1. The van der Waals surface area contributed by atoms with E-state index in [1.807, 2.05) is 60.7 Å². The summed E-state index contributed by atoms with van der Waals surface area (Å²) in [5.41, 5.74) is 2.56. The van der Waals surface area contributed by atoms with Gasteiger partial charge in [-0.3, -0.25) is 4.79 Å². The molecule has 0 aliphatic rings. The van der Waals surface area contributed by atoms with Gasteiger partial charge >= 0.3 is 0 Å². The summed E-state index contributed by atoms with van der Waals surface area (Å²) in [4.78, 5) is 12.5. The standard InChI is InChI=1S/C20H23NO2/c1-3-4-14-21-20(22)19(17-8-6-5-7-9-17)15-16-10-12-18(23-2)13-11-16/h5-13,15H,3-4,14H2,1-2H3,(H,21,22)/b19-15+. The highest BCUT2D eigenvalue weighted by Gasteiger charge is 2.11. The third kappa shape index (κ3) is 4.99. The Balaban J connectivity index is 2.28. The molecule has 23 heavy (non-hydrogen) atoms. The van der Waals surface area contributed by atoms with Crippen molar-refractivity contribution in [1.82, 2.24) is 5.32 Å². The summed E-state index contributed by atoms with van der Waals surface area (Å²) in [5.74, 6) is 0.760. The zero-order valence-corrected chi connectivity index (χ0v) is 13.7. The van der Waals surface area contributed by atoms with Crippen molar-refractivity contribution in [1.29, 1.82) is 0 Å². The molecule has 0 fully saturated rings. The van der Waals surface area contributed by atoms with E-state index in [4.69, 9.17) is 4.74 Å². The first-order valence-electron chi connectivity index (χ1n) is 7.94. The van der Waals surface area contributed by atoms with Crippen LogP contribution in [0.2, 0.25) is 0 Å². The fourth-order valence-corrected chi connectivity index (χ4v) is 2.24. The summed E-state index contributed by atoms with van der Waals surface area (Å²) >= 11 is 0. The van der Waals surface area contributed by atoms with Crippen LogP contribution in [0.5, 0.6) is 5.75 Å². The molecule has 3 heteroatoms. The number of amides is 1. The molecule has 0 aromatic heterocycles. The molecule has 1 amide bonds. The molecule has 0 bridgehead atoms. The minimum atomic E-state index is -0.0412. The van der Waals surface area contributed by atoms with Gasteiger partial charge in [0.05, 0.1) is 7.11 Å². The summed E-state index contributed by atoms with van der Waals surface area (Å²) < 4.78 is 5.17. The molecule has 0 saturated heterocycles. The Labute approximate surface area is 138 Å². The number of methoxy groups -OCH3 is 1. The van der Waals surface area contributed by atoms with Gasteiger partial charge in [0.15, 0.2) is 0 Å². The largest absolute Gasteiger partial charge is 0.497 e. The number of nitrogens with one attached hydrogen (secondary N) is 1. The number of rotatable bonds is 7. The molecule has 0 atom stereocenters. The summed E-state index contributed by atoms with van der Waals surface area (Å²) in [7, 11) is 1.64. The molecule has 0 aliphatic heterocycles. The lowest BCUT2D eigenvalue weighted by Crippen LogP contribution is -2.25. The van der Waals surface area contributed by atoms with Crippen LogP contribution in [-0.4, -0.2) is 19.6 Å². The van der Waals surface area contributed by atoms with Crippen LogP contribution in [0, 0.1) is 0 Å². The van der Waals surface area contributed by atoms with E-state index in [2.05, 4.69) is 12.2 Å². The Morgan fingerprint density at radius 2 is 1.78 bits per heavy atom. The second-order valence-electron chi connectivity index (χ2n) is 5.31. The maximum absolute atomic E-state index is 12.5. The Morgan fingerprint density at radius 1 is 1.09 bits per heavy atom. The molecule has 0 heterocycles. The van der Waals surface area contributed by atoms with Gasteiger partial charge in [0.1, 0.15) is 5.75 Å². The van der Waals surface area contributed by atoms with Crippen molar-refractivity contribution in [2.24, 2.45) is 0 Å². The lowest BCUT2D eigenvalue weighted by atomic mass is 10.0. The molecule has 120 valence electrons. The van der Waals surface area contributed by atoms with Gasteiger partial charge in [-0.15, -0.1) is 0 Å². The second-order valence-corrected chi connectivity index (χ2v) is 5.31. The van der Waals surface area contributed by atoms with E-state index in [0.29, 0.717) is 12.1 Å². The van der Waals surface area contributed by atoms with E-state index >= 15 is 0 Å².